The number of rotatable bonds is 18. The number of aliphatic hydroxyl groups excluding tert-OH is 1. The highest BCUT2D eigenvalue weighted by Crippen LogP contribution is 2.58. The molecule has 13 nitrogen and oxygen atoms in total. The molecule has 276 valence electrons. The highest BCUT2D eigenvalue weighted by Gasteiger charge is 2.76. The van der Waals surface area contributed by atoms with Crippen LogP contribution >= 0.6 is 0 Å². The van der Waals surface area contributed by atoms with Crippen molar-refractivity contribution in [1.82, 2.24) is 20.6 Å². The molecule has 4 fully saturated rings. The van der Waals surface area contributed by atoms with Crippen molar-refractivity contribution in [3.8, 4) is 0 Å². The average Bonchev–Trinajstić information content (AvgIpc) is 3.65. The molecule has 0 radical (unpaired) electrons. The van der Waals surface area contributed by atoms with Gasteiger partial charge in [0.05, 0.1) is 13.2 Å². The zero-order chi connectivity index (χ0) is 35.9. The number of nitrogens with zero attached hydrogens (tertiary/aromatic N) is 2. The molecule has 3 heterocycles. The molecule has 1 saturated carbocycles. The van der Waals surface area contributed by atoms with Gasteiger partial charge in [-0.3, -0.25) is 24.0 Å². The fourth-order valence-electron chi connectivity index (χ4n) is 7.75. The smallest absolute Gasteiger partial charge is 0.327 e. The lowest BCUT2D eigenvalue weighted by molar-refractivity contribution is -0.224. The summed E-state index contributed by atoms with van der Waals surface area (Å²) in [6, 6.07) is 6.41. The molecule has 13 heteroatoms. The van der Waals surface area contributed by atoms with E-state index in [4.69, 9.17) is 24.2 Å². The van der Waals surface area contributed by atoms with Crippen molar-refractivity contribution in [2.24, 2.45) is 5.41 Å². The first-order valence-electron chi connectivity index (χ1n) is 18.2. The van der Waals surface area contributed by atoms with Crippen LogP contribution in [0, 0.1) is 5.41 Å². The number of likely N-dealkylation sites (N-methyl/N-ethyl adjacent to an activating group) is 1. The Morgan fingerprint density at radius 2 is 1.70 bits per heavy atom. The first-order chi connectivity index (χ1) is 24.1. The van der Waals surface area contributed by atoms with Crippen molar-refractivity contribution in [2.45, 2.75) is 121 Å². The van der Waals surface area contributed by atoms with Gasteiger partial charge in [-0.05, 0) is 30.0 Å². The molecular formula is C37H54N4O9. The lowest BCUT2D eigenvalue weighted by Gasteiger charge is -2.48. The number of nitrogens with one attached hydrogen (secondary N) is 2. The predicted molar refractivity (Wildman–Crippen MR) is 184 cm³/mol. The van der Waals surface area contributed by atoms with Gasteiger partial charge in [0.2, 0.25) is 17.7 Å². The Morgan fingerprint density at radius 1 is 1.00 bits per heavy atom. The Morgan fingerprint density at radius 3 is 2.38 bits per heavy atom. The number of benzene rings is 1. The van der Waals surface area contributed by atoms with Crippen molar-refractivity contribution < 1.29 is 43.3 Å². The summed E-state index contributed by atoms with van der Waals surface area (Å²) in [7, 11) is 3.35. The summed E-state index contributed by atoms with van der Waals surface area (Å²) in [5, 5.41) is 16.1. The molecule has 50 heavy (non-hydrogen) atoms. The second-order valence-electron chi connectivity index (χ2n) is 14.1. The summed E-state index contributed by atoms with van der Waals surface area (Å²) < 4.78 is 19.9. The first-order valence-corrected chi connectivity index (χ1v) is 18.2. The number of hydrogen-bond acceptors (Lipinski definition) is 10. The van der Waals surface area contributed by atoms with Crippen molar-refractivity contribution in [1.29, 1.82) is 0 Å². The van der Waals surface area contributed by atoms with Crippen molar-refractivity contribution >= 4 is 29.8 Å². The van der Waals surface area contributed by atoms with E-state index >= 15 is 0 Å². The molecule has 3 amide bonds. The molecule has 1 aromatic rings. The zero-order valence-corrected chi connectivity index (χ0v) is 29.9. The van der Waals surface area contributed by atoms with Crippen molar-refractivity contribution in [2.75, 3.05) is 33.8 Å². The second-order valence-corrected chi connectivity index (χ2v) is 14.1. The van der Waals surface area contributed by atoms with E-state index in [1.165, 1.54) is 16.0 Å². The summed E-state index contributed by atoms with van der Waals surface area (Å²) in [6.07, 6.45) is 7.88. The summed E-state index contributed by atoms with van der Waals surface area (Å²) in [5.41, 5.74) is 0.175. The molecule has 6 atom stereocenters. The lowest BCUT2D eigenvalue weighted by atomic mass is 9.62. The lowest BCUT2D eigenvalue weighted by Crippen LogP contribution is -2.69. The van der Waals surface area contributed by atoms with Gasteiger partial charge in [-0.15, -0.1) is 0 Å². The van der Waals surface area contributed by atoms with Gasteiger partial charge < -0.3 is 34.9 Å². The average molecular weight is 699 g/mol. The fraction of sp³-hybridized carbons (Fsp3) is 0.676. The quantitative estimate of drug-likeness (QED) is 0.118. The Hall–Kier alpha value is -3.36. The number of esters is 1. The van der Waals surface area contributed by atoms with Gasteiger partial charge in [-0.2, -0.15) is 5.06 Å². The number of carbonyl (C=O) groups excluding carboxylic acids is 4. The largest absolute Gasteiger partial charge is 0.458 e. The van der Waals surface area contributed by atoms with Crippen molar-refractivity contribution in [3.05, 3.63) is 41.5 Å². The third-order valence-electron chi connectivity index (χ3n) is 10.3. The molecule has 2 bridgehead atoms. The minimum atomic E-state index is -1.37. The van der Waals surface area contributed by atoms with Crippen LogP contribution < -0.4 is 10.6 Å². The van der Waals surface area contributed by atoms with Crippen LogP contribution in [0.3, 0.4) is 0 Å². The summed E-state index contributed by atoms with van der Waals surface area (Å²) >= 11 is 0. The van der Waals surface area contributed by atoms with Gasteiger partial charge >= 0.3 is 5.97 Å². The Bertz CT molecular complexity index is 1390. The Labute approximate surface area is 294 Å². The minimum Gasteiger partial charge on any atom is -0.458 e. The maximum Gasteiger partial charge on any atom is 0.327 e. The van der Waals surface area contributed by atoms with Crippen LogP contribution in [0.1, 0.15) is 89.2 Å². The van der Waals surface area contributed by atoms with Gasteiger partial charge in [0.25, 0.3) is 0 Å². The number of carbonyl (C=O) groups is 4. The van der Waals surface area contributed by atoms with E-state index in [9.17, 15) is 19.2 Å². The number of unbranched alkanes of at least 4 members (excludes halogenated alkanes) is 4. The van der Waals surface area contributed by atoms with Gasteiger partial charge in [0.1, 0.15) is 29.8 Å². The molecule has 0 spiro atoms. The molecule has 5 rings (SSSR count). The third kappa shape index (κ3) is 7.91. The number of amides is 3. The topological polar surface area (TPSA) is 156 Å². The molecule has 0 unspecified atom stereocenters. The zero-order valence-electron chi connectivity index (χ0n) is 29.9. The molecule has 1 aliphatic carbocycles. The second kappa shape index (κ2) is 16.8. The Balaban J connectivity index is 1.48. The van der Waals surface area contributed by atoms with Gasteiger partial charge in [0.15, 0.2) is 11.8 Å². The van der Waals surface area contributed by atoms with Crippen LogP contribution in [-0.4, -0.2) is 109 Å². The van der Waals surface area contributed by atoms with Crippen LogP contribution in [0.5, 0.6) is 0 Å². The van der Waals surface area contributed by atoms with Crippen molar-refractivity contribution in [3.63, 3.8) is 0 Å². The van der Waals surface area contributed by atoms with E-state index in [0.29, 0.717) is 12.8 Å². The van der Waals surface area contributed by atoms with Crippen LogP contribution in [-0.2, 0) is 44.8 Å². The van der Waals surface area contributed by atoms with Crippen LogP contribution in [0.25, 0.3) is 6.08 Å². The maximum absolute atomic E-state index is 14.5. The number of hydrogen-bond donors (Lipinski definition) is 3. The fourth-order valence-corrected chi connectivity index (χ4v) is 7.75. The molecule has 3 N–H and O–H groups in total. The van der Waals surface area contributed by atoms with E-state index in [-0.39, 0.29) is 50.9 Å². The van der Waals surface area contributed by atoms with E-state index in [1.807, 2.05) is 24.3 Å². The molecule has 0 aromatic heterocycles. The minimum absolute atomic E-state index is 0.00457. The van der Waals surface area contributed by atoms with Crippen LogP contribution in [0.4, 0.5) is 0 Å². The number of ether oxygens (including phenoxy) is 3. The Kier molecular flexibility index (Phi) is 12.7. The monoisotopic (exact) mass is 698 g/mol. The summed E-state index contributed by atoms with van der Waals surface area (Å²) in [4.78, 5) is 61.3. The van der Waals surface area contributed by atoms with E-state index in [1.54, 1.807) is 20.2 Å². The van der Waals surface area contributed by atoms with Gasteiger partial charge in [-0.25, -0.2) is 0 Å². The van der Waals surface area contributed by atoms with Crippen LogP contribution in [0.15, 0.2) is 30.3 Å². The number of hydroxylamine groups is 2. The van der Waals surface area contributed by atoms with Gasteiger partial charge in [0, 0.05) is 58.9 Å². The third-order valence-corrected chi connectivity index (χ3v) is 10.3. The van der Waals surface area contributed by atoms with Gasteiger partial charge in [-0.1, -0.05) is 63.8 Å². The summed E-state index contributed by atoms with van der Waals surface area (Å²) in [5.74, 6) is -2.35. The summed E-state index contributed by atoms with van der Waals surface area (Å²) in [6.45, 7) is 4.40. The molecular weight excluding hydrogens is 644 g/mol. The molecule has 3 aliphatic heterocycles. The highest BCUT2D eigenvalue weighted by molar-refractivity contribution is 5.94. The molecule has 1 aromatic carbocycles. The normalized spacial score (nSPS) is 27.9. The first kappa shape index (κ1) is 37.9. The van der Waals surface area contributed by atoms with E-state index in [0.717, 1.165) is 49.7 Å². The number of fused-ring (bicyclic) bond motifs is 4. The standard InChI is InChI=1S/C37H54N4O9/c1-5-7-11-18-36(19-12-8-6-2)48-30-27-23-37(35(46)39-20-17-28(43)38-21-22-42)32(34(45)47-27)41(50-33(37)31(30)49-36)24-26-14-10-9-13-25(26)15-16-29(44)40(3)4/h9-10,13-16,27,30-33,42H,5-8,11-12,17-24H2,1-4H3,(H,38,43)(H,39,46)/t27-,30+,31+,32+,33-,37+/m1/s1. The highest BCUT2D eigenvalue weighted by atomic mass is 16.8. The molecule has 3 saturated heterocycles. The molecule has 4 aliphatic rings. The maximum atomic E-state index is 14.5. The SMILES string of the molecule is CCCCCC1(CCCCC)O[C@@H]2[C@H](O1)[C@H]1ON(Cc3ccccc3C=CC(=O)N(C)C)[C@H]3C(=O)O[C@@H]2C[C@@]13C(=O)NCCC(=O)NCCO. The van der Waals surface area contributed by atoms with E-state index in [2.05, 4.69) is 24.5 Å². The number of aliphatic hydroxyl groups is 1. The predicted octanol–water partition coefficient (Wildman–Crippen LogP) is 2.84. The van der Waals surface area contributed by atoms with E-state index < -0.39 is 53.5 Å². The van der Waals surface area contributed by atoms with Crippen LogP contribution in [0.2, 0.25) is 0 Å².